The number of carbonyl (C=O) groups excluding carboxylic acids is 2. The average Bonchev–Trinajstić information content (AvgIpc) is 3.66. The van der Waals surface area contributed by atoms with Crippen LogP contribution in [-0.2, 0) is 14.3 Å². The Morgan fingerprint density at radius 2 is 1.71 bits per heavy atom. The van der Waals surface area contributed by atoms with Crippen molar-refractivity contribution in [2.75, 3.05) is 38.2 Å². The maximum atomic E-state index is 17.0. The molecule has 302 valence electrons. The number of esters is 1. The molecule has 2 saturated heterocycles. The van der Waals surface area contributed by atoms with Crippen LogP contribution in [0.15, 0.2) is 66.9 Å². The highest BCUT2D eigenvalue weighted by Gasteiger charge is 2.48. The first-order valence-electron chi connectivity index (χ1n) is 19.2. The van der Waals surface area contributed by atoms with Crippen molar-refractivity contribution in [3.63, 3.8) is 0 Å². The predicted molar refractivity (Wildman–Crippen MR) is 214 cm³/mol. The topological polar surface area (TPSA) is 159 Å². The van der Waals surface area contributed by atoms with Gasteiger partial charge in [-0.05, 0) is 76.1 Å². The summed E-state index contributed by atoms with van der Waals surface area (Å²) in [4.78, 5) is 54.5. The van der Waals surface area contributed by atoms with E-state index in [1.54, 1.807) is 18.3 Å². The summed E-state index contributed by atoms with van der Waals surface area (Å²) in [6.45, 7) is 7.11. The van der Waals surface area contributed by atoms with Crippen LogP contribution in [0.5, 0.6) is 11.8 Å². The molecule has 3 aliphatic rings. The van der Waals surface area contributed by atoms with Crippen LogP contribution in [-0.4, -0.2) is 87.9 Å². The number of nitro groups is 1. The molecule has 58 heavy (non-hydrogen) atoms. The summed E-state index contributed by atoms with van der Waals surface area (Å²) >= 11 is 6.65. The smallest absolute Gasteiger partial charge is 0.462 e. The number of fused-ring (bicyclic) bond motifs is 4. The molecular weight excluding hydrogens is 771 g/mol. The number of non-ortho nitro benzene ring substituents is 1. The average molecular weight is 813 g/mol. The maximum Gasteiger partial charge on any atom is 0.514 e. The summed E-state index contributed by atoms with van der Waals surface area (Å²) in [5.41, 5.74) is -0.0943. The zero-order chi connectivity index (χ0) is 40.9. The molecule has 2 aromatic heterocycles. The van der Waals surface area contributed by atoms with E-state index in [2.05, 4.69) is 14.9 Å². The molecule has 0 radical (unpaired) electrons. The number of hydrogen-bond donors (Lipinski definition) is 0. The van der Waals surface area contributed by atoms with Crippen molar-refractivity contribution in [1.82, 2.24) is 19.9 Å². The van der Waals surface area contributed by atoms with E-state index in [9.17, 15) is 19.7 Å². The summed E-state index contributed by atoms with van der Waals surface area (Å²) in [5.74, 6) is -0.460. The van der Waals surface area contributed by atoms with Gasteiger partial charge < -0.3 is 23.8 Å². The molecule has 8 rings (SSSR count). The van der Waals surface area contributed by atoms with Crippen LogP contribution in [0.3, 0.4) is 0 Å². The van der Waals surface area contributed by atoms with Gasteiger partial charge in [0, 0.05) is 66.4 Å². The van der Waals surface area contributed by atoms with Crippen molar-refractivity contribution >= 4 is 56.9 Å². The quantitative estimate of drug-likeness (QED) is 0.0610. The number of likely N-dealkylation sites (tertiary alicyclic amines) is 1. The number of aromatic nitrogens is 3. The van der Waals surface area contributed by atoms with E-state index in [0.29, 0.717) is 53.2 Å². The molecule has 14 nitrogen and oxygen atoms in total. The number of hydrogen-bond acceptors (Lipinski definition) is 13. The first-order chi connectivity index (χ1) is 27.7. The fourth-order valence-corrected chi connectivity index (χ4v) is 8.81. The Morgan fingerprint density at radius 3 is 2.40 bits per heavy atom. The molecule has 0 spiro atoms. The van der Waals surface area contributed by atoms with Gasteiger partial charge in [0.15, 0.2) is 5.82 Å². The lowest BCUT2D eigenvalue weighted by molar-refractivity contribution is -0.384. The third-order valence-corrected chi connectivity index (χ3v) is 11.4. The number of carbonyl (C=O) groups is 2. The molecule has 16 heteroatoms. The number of piperidine rings is 1. The fourth-order valence-electron chi connectivity index (χ4n) is 8.53. The van der Waals surface area contributed by atoms with Gasteiger partial charge in [-0.15, -0.1) is 0 Å². The lowest BCUT2D eigenvalue weighted by Crippen LogP contribution is -2.46. The van der Waals surface area contributed by atoms with E-state index in [-0.39, 0.29) is 65.0 Å². The molecule has 4 heterocycles. The van der Waals surface area contributed by atoms with E-state index >= 15 is 4.39 Å². The van der Waals surface area contributed by atoms with Crippen LogP contribution >= 0.6 is 11.6 Å². The van der Waals surface area contributed by atoms with E-state index in [1.807, 2.05) is 57.0 Å². The second kappa shape index (κ2) is 15.6. The van der Waals surface area contributed by atoms with Crippen LogP contribution in [0.2, 0.25) is 5.02 Å². The minimum Gasteiger partial charge on any atom is -0.462 e. The molecule has 4 atom stereocenters. The molecule has 3 fully saturated rings. The number of halogens is 2. The Morgan fingerprint density at radius 1 is 1.00 bits per heavy atom. The number of nitrogens with zero attached hydrogens (tertiary/aromatic N) is 6. The van der Waals surface area contributed by atoms with E-state index in [1.165, 1.54) is 24.3 Å². The van der Waals surface area contributed by atoms with Crippen molar-refractivity contribution < 1.29 is 37.9 Å². The molecule has 1 saturated carbocycles. The third-order valence-electron chi connectivity index (χ3n) is 11.1. The van der Waals surface area contributed by atoms with Gasteiger partial charge in [-0.2, -0.15) is 9.97 Å². The van der Waals surface area contributed by atoms with Crippen LogP contribution < -0.4 is 14.4 Å². The summed E-state index contributed by atoms with van der Waals surface area (Å²) in [6.07, 6.45) is 2.24. The number of likely N-dealkylation sites (N-methyl/N-ethyl adjacent to an activating group) is 1. The lowest BCUT2D eigenvalue weighted by Gasteiger charge is -2.38. The highest BCUT2D eigenvalue weighted by molar-refractivity contribution is 6.36. The number of rotatable bonds is 9. The fraction of sp³-hybridized carbons (Fsp3) is 0.405. The number of pyridine rings is 1. The second-order valence-corrected chi connectivity index (χ2v) is 16.6. The predicted octanol–water partition coefficient (Wildman–Crippen LogP) is 8.02. The first-order valence-corrected chi connectivity index (χ1v) is 19.6. The monoisotopic (exact) mass is 812 g/mol. The van der Waals surface area contributed by atoms with Crippen LogP contribution in [0, 0.1) is 33.7 Å². The summed E-state index contributed by atoms with van der Waals surface area (Å²) < 4.78 is 39.9. The molecule has 2 bridgehead atoms. The summed E-state index contributed by atoms with van der Waals surface area (Å²) in [7, 11) is 1.86. The minimum atomic E-state index is -0.937. The van der Waals surface area contributed by atoms with Crippen LogP contribution in [0.1, 0.15) is 40.0 Å². The van der Waals surface area contributed by atoms with Gasteiger partial charge in [0.1, 0.15) is 41.1 Å². The Kier molecular flexibility index (Phi) is 10.5. The molecule has 2 aliphatic heterocycles. The molecule has 0 amide bonds. The van der Waals surface area contributed by atoms with E-state index < -0.39 is 28.6 Å². The van der Waals surface area contributed by atoms with Gasteiger partial charge in [0.25, 0.3) is 5.69 Å². The van der Waals surface area contributed by atoms with Gasteiger partial charge in [0.2, 0.25) is 0 Å². The SMILES string of the molecule is CN1C[C@H](OC(=O)Oc2ccc([N+](=O)[O-])cc2)C[C@H]1COc1nc(N2CC3CCC(C2)C3C(=O)OC(C)(C)C)c2cnc(-c3cccc4cccc(Cl)c34)c(F)c2n1. The zero-order valence-corrected chi connectivity index (χ0v) is 33.1. The Labute approximate surface area is 338 Å². The molecule has 3 aromatic carbocycles. The minimum absolute atomic E-state index is 0.0223. The second-order valence-electron chi connectivity index (χ2n) is 16.2. The standard InChI is InChI=1S/C42H42ClFN6O8/c1-42(2,3)58-39(51)33-24-11-12-25(33)20-49(19-24)38-31-18-45-36(30-9-5-7-23-8-6-10-32(43)34(23)30)35(44)37(31)46-40(47-38)55-22-27-17-29(21-48(27)4)57-41(52)56-28-15-13-26(14-16-28)50(53)54/h5-10,13-16,18,24-25,27,29,33H,11-12,17,19-22H2,1-4H3/t24?,25?,27-,29+,33?/m0/s1. The van der Waals surface area contributed by atoms with Crippen molar-refractivity contribution in [2.24, 2.45) is 17.8 Å². The highest BCUT2D eigenvalue weighted by atomic mass is 35.5. The van der Waals surface area contributed by atoms with Gasteiger partial charge in [-0.25, -0.2) is 9.18 Å². The van der Waals surface area contributed by atoms with Gasteiger partial charge in [-0.3, -0.25) is 24.8 Å². The number of nitro benzene ring substituents is 1. The van der Waals surface area contributed by atoms with Gasteiger partial charge in [0.05, 0.1) is 16.2 Å². The van der Waals surface area contributed by atoms with Crippen molar-refractivity contribution in [3.05, 3.63) is 87.8 Å². The normalized spacial score (nSPS) is 22.0. The molecule has 2 unspecified atom stereocenters. The lowest BCUT2D eigenvalue weighted by atomic mass is 9.85. The highest BCUT2D eigenvalue weighted by Crippen LogP contribution is 2.46. The molecular formula is C42H42ClFN6O8. The summed E-state index contributed by atoms with van der Waals surface area (Å²) in [6, 6.07) is 15.9. The van der Waals surface area contributed by atoms with E-state index in [0.717, 1.165) is 18.2 Å². The third kappa shape index (κ3) is 7.92. The number of ether oxygens (including phenoxy) is 4. The molecule has 1 aliphatic carbocycles. The van der Waals surface area contributed by atoms with Gasteiger partial charge in [-0.1, -0.05) is 41.9 Å². The van der Waals surface area contributed by atoms with Crippen molar-refractivity contribution in [2.45, 2.75) is 57.8 Å². The van der Waals surface area contributed by atoms with E-state index in [4.69, 9.17) is 35.5 Å². The van der Waals surface area contributed by atoms with Crippen LogP contribution in [0.4, 0.5) is 20.7 Å². The Hall–Kier alpha value is -5.67. The number of anilines is 1. The first kappa shape index (κ1) is 39.2. The number of benzene rings is 3. The van der Waals surface area contributed by atoms with Crippen molar-refractivity contribution in [1.29, 1.82) is 0 Å². The molecule has 0 N–H and O–H groups in total. The van der Waals surface area contributed by atoms with Crippen molar-refractivity contribution in [3.8, 4) is 23.0 Å². The largest absolute Gasteiger partial charge is 0.514 e. The summed E-state index contributed by atoms with van der Waals surface area (Å²) in [5, 5.41) is 13.3. The van der Waals surface area contributed by atoms with Gasteiger partial charge >= 0.3 is 18.1 Å². The van der Waals surface area contributed by atoms with Crippen LogP contribution in [0.25, 0.3) is 32.9 Å². The Balaban J connectivity index is 1.06. The Bertz CT molecular complexity index is 2390. The molecule has 5 aromatic rings. The maximum absolute atomic E-state index is 17.0. The zero-order valence-electron chi connectivity index (χ0n) is 32.4.